The summed E-state index contributed by atoms with van der Waals surface area (Å²) in [6.45, 7) is 7.48. The van der Waals surface area contributed by atoms with Gasteiger partial charge >= 0.3 is 5.97 Å². The number of esters is 1. The van der Waals surface area contributed by atoms with Crippen molar-refractivity contribution in [2.75, 3.05) is 39.8 Å². The molecule has 0 aliphatic carbocycles. The summed E-state index contributed by atoms with van der Waals surface area (Å²) in [6.07, 6.45) is 0.307. The van der Waals surface area contributed by atoms with Crippen LogP contribution in [0, 0.1) is 19.3 Å². The number of ether oxygens (including phenoxy) is 1. The number of nitrogens with zero attached hydrogens (tertiary/aromatic N) is 3. The summed E-state index contributed by atoms with van der Waals surface area (Å²) in [5.41, 5.74) is 3.86. The topological polar surface area (TPSA) is 59.4 Å². The van der Waals surface area contributed by atoms with Gasteiger partial charge < -0.3 is 10.1 Å². The third-order valence-electron chi connectivity index (χ3n) is 6.68. The number of rotatable bonds is 6. The van der Waals surface area contributed by atoms with Crippen molar-refractivity contribution in [2.24, 2.45) is 5.41 Å². The monoisotopic (exact) mass is 414 g/mol. The summed E-state index contributed by atoms with van der Waals surface area (Å²) < 4.78 is 21.7. The molecule has 162 valence electrons. The lowest BCUT2D eigenvalue weighted by atomic mass is 9.72. The van der Waals surface area contributed by atoms with Crippen LogP contribution >= 0.6 is 0 Å². The van der Waals surface area contributed by atoms with E-state index in [1.54, 1.807) is 0 Å². The van der Waals surface area contributed by atoms with Crippen molar-refractivity contribution < 1.29 is 13.9 Å². The van der Waals surface area contributed by atoms with Gasteiger partial charge in [0, 0.05) is 43.2 Å². The molecule has 1 aromatic carbocycles. The SMILES string of the molecule is COC(=O)C[C@H](CN1CCC2(CNC2)C(F)C1)c1cccc(-n2nc(C)cc2C)c1. The number of aromatic nitrogens is 2. The molecule has 7 heteroatoms. The molecule has 0 saturated carbocycles. The van der Waals surface area contributed by atoms with Gasteiger partial charge in [-0.3, -0.25) is 9.69 Å². The first-order valence-corrected chi connectivity index (χ1v) is 10.7. The van der Waals surface area contributed by atoms with Gasteiger partial charge in [0.1, 0.15) is 6.17 Å². The van der Waals surface area contributed by atoms with Crippen LogP contribution in [0.15, 0.2) is 30.3 Å². The van der Waals surface area contributed by atoms with E-state index in [0.29, 0.717) is 13.1 Å². The van der Waals surface area contributed by atoms with Crippen LogP contribution in [0.1, 0.15) is 35.7 Å². The number of hydrogen-bond donors (Lipinski definition) is 1. The number of likely N-dealkylation sites (tertiary alicyclic amines) is 1. The van der Waals surface area contributed by atoms with Gasteiger partial charge in [0.25, 0.3) is 0 Å². The van der Waals surface area contributed by atoms with E-state index in [1.807, 2.05) is 42.8 Å². The van der Waals surface area contributed by atoms with Crippen LogP contribution in [0.2, 0.25) is 0 Å². The van der Waals surface area contributed by atoms with Gasteiger partial charge in [0.2, 0.25) is 0 Å². The maximum atomic E-state index is 14.9. The van der Waals surface area contributed by atoms with E-state index in [2.05, 4.69) is 21.4 Å². The molecule has 4 rings (SSSR count). The van der Waals surface area contributed by atoms with Crippen molar-refractivity contribution in [3.05, 3.63) is 47.3 Å². The molecule has 0 amide bonds. The summed E-state index contributed by atoms with van der Waals surface area (Å²) in [7, 11) is 1.41. The highest BCUT2D eigenvalue weighted by atomic mass is 19.1. The first-order valence-electron chi connectivity index (χ1n) is 10.7. The second kappa shape index (κ2) is 8.47. The molecule has 2 aromatic rings. The smallest absolute Gasteiger partial charge is 0.306 e. The van der Waals surface area contributed by atoms with E-state index in [0.717, 1.165) is 48.7 Å². The number of methoxy groups -OCH3 is 1. The van der Waals surface area contributed by atoms with Gasteiger partial charge in [0.15, 0.2) is 0 Å². The summed E-state index contributed by atoms with van der Waals surface area (Å²) >= 11 is 0. The average Bonchev–Trinajstić information content (AvgIpc) is 3.04. The number of nitrogens with one attached hydrogen (secondary N) is 1. The summed E-state index contributed by atoms with van der Waals surface area (Å²) in [5.74, 6) is -0.305. The van der Waals surface area contributed by atoms with E-state index in [1.165, 1.54) is 7.11 Å². The Kier molecular flexibility index (Phi) is 5.93. The van der Waals surface area contributed by atoms with Crippen LogP contribution in [0.25, 0.3) is 5.69 Å². The predicted octanol–water partition coefficient (Wildman–Crippen LogP) is 2.77. The Balaban J connectivity index is 1.54. The molecule has 6 nitrogen and oxygen atoms in total. The Morgan fingerprint density at radius 1 is 1.37 bits per heavy atom. The molecule has 30 heavy (non-hydrogen) atoms. The number of halogens is 1. The fourth-order valence-corrected chi connectivity index (χ4v) is 4.74. The van der Waals surface area contributed by atoms with Crippen LogP contribution in [0.4, 0.5) is 4.39 Å². The summed E-state index contributed by atoms with van der Waals surface area (Å²) in [5, 5.41) is 7.79. The Morgan fingerprint density at radius 2 is 2.17 bits per heavy atom. The van der Waals surface area contributed by atoms with Crippen molar-refractivity contribution in [2.45, 2.75) is 38.8 Å². The Bertz CT molecular complexity index is 908. The van der Waals surface area contributed by atoms with Crippen LogP contribution in [0.3, 0.4) is 0 Å². The van der Waals surface area contributed by atoms with Crippen molar-refractivity contribution in [3.8, 4) is 5.69 Å². The first kappa shape index (κ1) is 21.0. The van der Waals surface area contributed by atoms with E-state index in [4.69, 9.17) is 4.74 Å². The molecule has 2 saturated heterocycles. The minimum Gasteiger partial charge on any atom is -0.469 e. The van der Waals surface area contributed by atoms with E-state index in [-0.39, 0.29) is 23.7 Å². The quantitative estimate of drug-likeness (QED) is 0.737. The maximum absolute atomic E-state index is 14.9. The molecular weight excluding hydrogens is 383 g/mol. The fraction of sp³-hybridized carbons (Fsp3) is 0.565. The van der Waals surface area contributed by atoms with E-state index >= 15 is 0 Å². The highest BCUT2D eigenvalue weighted by Crippen LogP contribution is 2.38. The molecule has 2 aliphatic rings. The zero-order valence-electron chi connectivity index (χ0n) is 18.0. The second-order valence-electron chi connectivity index (χ2n) is 8.85. The maximum Gasteiger partial charge on any atom is 0.306 e. The van der Waals surface area contributed by atoms with Gasteiger partial charge in [-0.15, -0.1) is 0 Å². The lowest BCUT2D eigenvalue weighted by molar-refractivity contribution is -0.141. The third-order valence-corrected chi connectivity index (χ3v) is 6.68. The largest absolute Gasteiger partial charge is 0.469 e. The zero-order chi connectivity index (χ0) is 21.3. The lowest BCUT2D eigenvalue weighted by Gasteiger charge is -2.50. The third kappa shape index (κ3) is 4.14. The number of carbonyl (C=O) groups excluding carboxylic acids is 1. The van der Waals surface area contributed by atoms with Crippen LogP contribution < -0.4 is 5.32 Å². The molecule has 2 atom stereocenters. The Labute approximate surface area is 177 Å². The van der Waals surface area contributed by atoms with Crippen LogP contribution in [-0.4, -0.2) is 66.7 Å². The number of alkyl halides is 1. The molecular formula is C23H31FN4O2. The molecule has 1 unspecified atom stereocenters. The standard InChI is InChI=1S/C23H31FN4O2/c1-16-9-17(2)28(26-16)20-6-4-5-18(10-20)19(11-22(29)30-3)12-27-8-7-23(14-25-15-23)21(24)13-27/h4-6,9-10,19,21,25H,7-8,11-15H2,1-3H3/t19-,21?/m1/s1. The van der Waals surface area contributed by atoms with Crippen LogP contribution in [-0.2, 0) is 9.53 Å². The Morgan fingerprint density at radius 3 is 2.77 bits per heavy atom. The lowest BCUT2D eigenvalue weighted by Crippen LogP contribution is -2.64. The van der Waals surface area contributed by atoms with Crippen molar-refractivity contribution in [1.29, 1.82) is 0 Å². The average molecular weight is 415 g/mol. The number of benzene rings is 1. The van der Waals surface area contributed by atoms with Gasteiger partial charge in [-0.05, 0) is 50.6 Å². The second-order valence-corrected chi connectivity index (χ2v) is 8.85. The van der Waals surface area contributed by atoms with Crippen molar-refractivity contribution in [3.63, 3.8) is 0 Å². The van der Waals surface area contributed by atoms with Gasteiger partial charge in [-0.1, -0.05) is 12.1 Å². The molecule has 1 spiro atoms. The summed E-state index contributed by atoms with van der Waals surface area (Å²) in [4.78, 5) is 14.3. The van der Waals surface area contributed by atoms with Gasteiger partial charge in [-0.25, -0.2) is 9.07 Å². The molecule has 0 radical (unpaired) electrons. The summed E-state index contributed by atoms with van der Waals surface area (Å²) in [6, 6.07) is 10.2. The number of aryl methyl sites for hydroxylation is 2. The van der Waals surface area contributed by atoms with E-state index in [9.17, 15) is 9.18 Å². The van der Waals surface area contributed by atoms with Crippen LogP contribution in [0.5, 0.6) is 0 Å². The molecule has 3 heterocycles. The minimum absolute atomic E-state index is 0.0601. The number of hydrogen-bond acceptors (Lipinski definition) is 5. The van der Waals surface area contributed by atoms with Crippen molar-refractivity contribution in [1.82, 2.24) is 20.0 Å². The molecule has 2 aliphatic heterocycles. The minimum atomic E-state index is -0.827. The number of carbonyl (C=O) groups is 1. The van der Waals surface area contributed by atoms with Gasteiger partial charge in [0.05, 0.1) is 24.9 Å². The molecule has 1 aromatic heterocycles. The molecule has 1 N–H and O–H groups in total. The van der Waals surface area contributed by atoms with Crippen molar-refractivity contribution >= 4 is 5.97 Å². The predicted molar refractivity (Wildman–Crippen MR) is 114 cm³/mol. The first-order chi connectivity index (χ1) is 14.4. The highest BCUT2D eigenvalue weighted by Gasteiger charge is 2.48. The zero-order valence-corrected chi connectivity index (χ0v) is 18.0. The van der Waals surface area contributed by atoms with Gasteiger partial charge in [-0.2, -0.15) is 5.10 Å². The normalized spacial score (nSPS) is 21.9. The highest BCUT2D eigenvalue weighted by molar-refractivity contribution is 5.70. The molecule has 0 bridgehead atoms. The number of piperidine rings is 1. The molecule has 2 fully saturated rings. The fourth-order valence-electron chi connectivity index (χ4n) is 4.74. The Hall–Kier alpha value is -2.25. The van der Waals surface area contributed by atoms with E-state index < -0.39 is 6.17 Å².